The van der Waals surface area contributed by atoms with Crippen molar-refractivity contribution in [3.8, 4) is 0 Å². The minimum Gasteiger partial charge on any atom is -0.369 e. The maximum Gasteiger partial charge on any atom is 0.244 e. The summed E-state index contributed by atoms with van der Waals surface area (Å²) in [6, 6.07) is 3.33. The third-order valence-corrected chi connectivity index (χ3v) is 4.48. The Balaban J connectivity index is 1.93. The fourth-order valence-corrected chi connectivity index (χ4v) is 2.98. The van der Waals surface area contributed by atoms with E-state index in [-0.39, 0.29) is 29.8 Å². The van der Waals surface area contributed by atoms with Crippen LogP contribution in [0.1, 0.15) is 26.2 Å². The average Bonchev–Trinajstić information content (AvgIpc) is 3.23. The summed E-state index contributed by atoms with van der Waals surface area (Å²) in [4.78, 5) is 15.6. The van der Waals surface area contributed by atoms with Gasteiger partial charge >= 0.3 is 0 Å². The zero-order valence-electron chi connectivity index (χ0n) is 11.9. The first-order chi connectivity index (χ1) is 10.0. The van der Waals surface area contributed by atoms with Crippen LogP contribution < -0.4 is 15.4 Å². The zero-order valence-corrected chi connectivity index (χ0v) is 12.7. The van der Waals surface area contributed by atoms with E-state index in [0.29, 0.717) is 12.4 Å². The van der Waals surface area contributed by atoms with Crippen molar-refractivity contribution in [2.45, 2.75) is 37.1 Å². The minimum absolute atomic E-state index is 0.0708. The van der Waals surface area contributed by atoms with Gasteiger partial charge in [0.2, 0.25) is 15.9 Å². The van der Waals surface area contributed by atoms with Gasteiger partial charge in [-0.1, -0.05) is 0 Å². The molecule has 1 heterocycles. The van der Waals surface area contributed by atoms with Gasteiger partial charge in [0.1, 0.15) is 10.7 Å². The maximum atomic E-state index is 12.2. The van der Waals surface area contributed by atoms with E-state index < -0.39 is 10.0 Å². The van der Waals surface area contributed by atoms with Gasteiger partial charge in [-0.3, -0.25) is 4.79 Å². The van der Waals surface area contributed by atoms with Gasteiger partial charge in [0.05, 0.1) is 0 Å². The lowest BCUT2D eigenvalue weighted by atomic mass is 10.4. The van der Waals surface area contributed by atoms with Crippen molar-refractivity contribution in [1.29, 1.82) is 0 Å². The molecule has 0 spiro atoms. The molecule has 21 heavy (non-hydrogen) atoms. The quantitative estimate of drug-likeness (QED) is 0.647. The number of carbonyl (C=O) groups excluding carboxylic acids is 1. The van der Waals surface area contributed by atoms with Crippen molar-refractivity contribution in [3.63, 3.8) is 0 Å². The number of amides is 1. The van der Waals surface area contributed by atoms with Crippen LogP contribution in [0.2, 0.25) is 0 Å². The van der Waals surface area contributed by atoms with Crippen LogP contribution in [0.25, 0.3) is 0 Å². The predicted octanol–water partition coefficient (Wildman–Crippen LogP) is 0.460. The van der Waals surface area contributed by atoms with E-state index in [1.807, 2.05) is 6.92 Å². The standard InChI is InChI=1S/C13H20N4O3S/c1-2-14-13-11(4-3-8-15-13)21(19,20)16-9-7-12(18)17-10-5-6-10/h3-4,8,10,16H,2,5-7,9H2,1H3,(H,14,15)(H,17,18). The normalized spacial score (nSPS) is 14.7. The SMILES string of the molecule is CCNc1ncccc1S(=O)(=O)NCCC(=O)NC1CC1. The highest BCUT2D eigenvalue weighted by Gasteiger charge is 2.23. The topological polar surface area (TPSA) is 100 Å². The number of pyridine rings is 1. The monoisotopic (exact) mass is 312 g/mol. The summed E-state index contributed by atoms with van der Waals surface area (Å²) in [7, 11) is -3.68. The second kappa shape index (κ2) is 6.86. The van der Waals surface area contributed by atoms with E-state index in [0.717, 1.165) is 12.8 Å². The molecule has 1 aliphatic rings. The van der Waals surface area contributed by atoms with Crippen molar-refractivity contribution >= 4 is 21.7 Å². The third kappa shape index (κ3) is 4.68. The molecule has 1 aromatic heterocycles. The number of rotatable bonds is 8. The van der Waals surface area contributed by atoms with E-state index in [4.69, 9.17) is 0 Å². The van der Waals surface area contributed by atoms with Crippen molar-refractivity contribution in [3.05, 3.63) is 18.3 Å². The molecule has 1 aromatic rings. The third-order valence-electron chi connectivity index (χ3n) is 2.99. The largest absolute Gasteiger partial charge is 0.369 e. The molecule has 7 nitrogen and oxygen atoms in total. The van der Waals surface area contributed by atoms with E-state index in [1.54, 1.807) is 6.07 Å². The Morgan fingerprint density at radius 2 is 2.19 bits per heavy atom. The molecule has 0 aromatic carbocycles. The Hall–Kier alpha value is -1.67. The lowest BCUT2D eigenvalue weighted by Crippen LogP contribution is -2.32. The molecule has 1 amide bonds. The first-order valence-electron chi connectivity index (χ1n) is 7.01. The molecule has 1 saturated carbocycles. The van der Waals surface area contributed by atoms with Crippen LogP contribution in [-0.4, -0.2) is 38.4 Å². The number of hydrogen-bond donors (Lipinski definition) is 3. The van der Waals surface area contributed by atoms with Crippen LogP contribution in [0, 0.1) is 0 Å². The molecule has 2 rings (SSSR count). The van der Waals surface area contributed by atoms with Crippen molar-refractivity contribution in [2.75, 3.05) is 18.4 Å². The smallest absolute Gasteiger partial charge is 0.244 e. The van der Waals surface area contributed by atoms with Crippen LogP contribution in [0.4, 0.5) is 5.82 Å². The molecule has 0 radical (unpaired) electrons. The summed E-state index contributed by atoms with van der Waals surface area (Å²) in [5, 5.41) is 5.72. The highest BCUT2D eigenvalue weighted by Crippen LogP contribution is 2.19. The molecule has 0 bridgehead atoms. The molecule has 3 N–H and O–H groups in total. The molecule has 0 aliphatic heterocycles. The van der Waals surface area contributed by atoms with E-state index in [2.05, 4.69) is 20.3 Å². The molecule has 116 valence electrons. The van der Waals surface area contributed by atoms with Gasteiger partial charge in [-0.15, -0.1) is 0 Å². The molecular weight excluding hydrogens is 292 g/mol. The van der Waals surface area contributed by atoms with Crippen LogP contribution in [0.3, 0.4) is 0 Å². The lowest BCUT2D eigenvalue weighted by molar-refractivity contribution is -0.121. The van der Waals surface area contributed by atoms with Gasteiger partial charge in [0.25, 0.3) is 0 Å². The lowest BCUT2D eigenvalue weighted by Gasteiger charge is -2.11. The number of sulfonamides is 1. The maximum absolute atomic E-state index is 12.2. The van der Waals surface area contributed by atoms with Crippen molar-refractivity contribution in [1.82, 2.24) is 15.0 Å². The number of nitrogens with zero attached hydrogens (tertiary/aromatic N) is 1. The summed E-state index contributed by atoms with van der Waals surface area (Å²) in [5.74, 6) is 0.188. The molecule has 0 unspecified atom stereocenters. The summed E-state index contributed by atoms with van der Waals surface area (Å²) in [5.41, 5.74) is 0. The first kappa shape index (κ1) is 15.7. The van der Waals surface area contributed by atoms with Crippen LogP contribution in [0.15, 0.2) is 23.2 Å². The summed E-state index contributed by atoms with van der Waals surface area (Å²) < 4.78 is 26.9. The van der Waals surface area contributed by atoms with E-state index in [1.165, 1.54) is 12.3 Å². The van der Waals surface area contributed by atoms with Gasteiger partial charge in [-0.2, -0.15) is 0 Å². The van der Waals surface area contributed by atoms with Gasteiger partial charge in [0.15, 0.2) is 0 Å². The summed E-state index contributed by atoms with van der Waals surface area (Å²) >= 11 is 0. The van der Waals surface area contributed by atoms with Crippen LogP contribution >= 0.6 is 0 Å². The Morgan fingerprint density at radius 1 is 1.43 bits per heavy atom. The molecule has 1 fully saturated rings. The Kier molecular flexibility index (Phi) is 5.13. The van der Waals surface area contributed by atoms with Gasteiger partial charge in [-0.05, 0) is 31.9 Å². The number of nitrogens with one attached hydrogen (secondary N) is 3. The predicted molar refractivity (Wildman–Crippen MR) is 79.4 cm³/mol. The van der Waals surface area contributed by atoms with E-state index >= 15 is 0 Å². The van der Waals surface area contributed by atoms with Gasteiger partial charge < -0.3 is 10.6 Å². The summed E-state index contributed by atoms with van der Waals surface area (Å²) in [6.07, 6.45) is 3.69. The van der Waals surface area contributed by atoms with Gasteiger partial charge in [-0.25, -0.2) is 18.1 Å². The molecule has 0 saturated heterocycles. The van der Waals surface area contributed by atoms with Crippen molar-refractivity contribution in [2.24, 2.45) is 0 Å². The number of hydrogen-bond acceptors (Lipinski definition) is 5. The fourth-order valence-electron chi connectivity index (χ4n) is 1.81. The zero-order chi connectivity index (χ0) is 15.3. The number of carbonyl (C=O) groups is 1. The molecular formula is C13H20N4O3S. The summed E-state index contributed by atoms with van der Waals surface area (Å²) in [6.45, 7) is 2.51. The Bertz CT molecular complexity index is 599. The first-order valence-corrected chi connectivity index (χ1v) is 8.49. The van der Waals surface area contributed by atoms with Gasteiger partial charge in [0, 0.05) is 31.7 Å². The highest BCUT2D eigenvalue weighted by molar-refractivity contribution is 7.89. The highest BCUT2D eigenvalue weighted by atomic mass is 32.2. The molecule has 8 heteroatoms. The number of aromatic nitrogens is 1. The van der Waals surface area contributed by atoms with Crippen LogP contribution in [-0.2, 0) is 14.8 Å². The molecule has 1 aliphatic carbocycles. The number of anilines is 1. The second-order valence-electron chi connectivity index (χ2n) is 4.87. The Labute approximate surface area is 124 Å². The minimum atomic E-state index is -3.68. The average molecular weight is 312 g/mol. The molecule has 0 atom stereocenters. The van der Waals surface area contributed by atoms with E-state index in [9.17, 15) is 13.2 Å². The van der Waals surface area contributed by atoms with Crippen molar-refractivity contribution < 1.29 is 13.2 Å². The Morgan fingerprint density at radius 3 is 2.86 bits per heavy atom. The second-order valence-corrected chi connectivity index (χ2v) is 6.61. The van der Waals surface area contributed by atoms with Crippen LogP contribution in [0.5, 0.6) is 0 Å². The fraction of sp³-hybridized carbons (Fsp3) is 0.538.